The number of fused-ring (bicyclic) bond motifs is 1. The van der Waals surface area contributed by atoms with E-state index in [0.717, 1.165) is 46.9 Å². The van der Waals surface area contributed by atoms with Crippen molar-refractivity contribution in [2.75, 3.05) is 7.05 Å². The topological polar surface area (TPSA) is 55.2 Å². The van der Waals surface area contributed by atoms with E-state index >= 15 is 0 Å². The monoisotopic (exact) mass is 371 g/mol. The van der Waals surface area contributed by atoms with Gasteiger partial charge in [-0.05, 0) is 36.4 Å². The molecule has 1 aliphatic rings. The van der Waals surface area contributed by atoms with E-state index in [0.29, 0.717) is 0 Å². The first-order valence-corrected chi connectivity index (χ1v) is 9.77. The molecular formula is C18H17N3O2S2. The molecule has 0 aliphatic carbocycles. The van der Waals surface area contributed by atoms with Gasteiger partial charge in [-0.3, -0.25) is 14.5 Å². The minimum absolute atomic E-state index is 0.143. The van der Waals surface area contributed by atoms with Crippen molar-refractivity contribution >= 4 is 45.1 Å². The lowest BCUT2D eigenvalue weighted by Crippen LogP contribution is -2.24. The second-order valence-corrected chi connectivity index (χ2v) is 8.06. The number of aromatic nitrogens is 2. The molecule has 1 atom stereocenters. The number of imide groups is 1. The van der Waals surface area contributed by atoms with Crippen LogP contribution in [0, 0.1) is 6.92 Å². The van der Waals surface area contributed by atoms with Crippen molar-refractivity contribution in [1.82, 2.24) is 14.5 Å². The van der Waals surface area contributed by atoms with Gasteiger partial charge < -0.3 is 4.57 Å². The van der Waals surface area contributed by atoms with E-state index in [9.17, 15) is 9.59 Å². The molecule has 0 bridgehead atoms. The highest BCUT2D eigenvalue weighted by molar-refractivity contribution is 8.15. The normalized spacial score (nSPS) is 17.8. The van der Waals surface area contributed by atoms with Crippen molar-refractivity contribution in [2.45, 2.75) is 25.1 Å². The van der Waals surface area contributed by atoms with Gasteiger partial charge in [0.2, 0.25) is 5.91 Å². The van der Waals surface area contributed by atoms with Crippen molar-refractivity contribution in [2.24, 2.45) is 0 Å². The second-order valence-electron chi connectivity index (χ2n) is 6.06. The summed E-state index contributed by atoms with van der Waals surface area (Å²) in [5.41, 5.74) is 4.98. The molecule has 3 heterocycles. The van der Waals surface area contributed by atoms with Crippen LogP contribution in [0.5, 0.6) is 0 Å². The SMILES string of the molecule is Cc1ncsc1CCn1ccc2c(C3SC(=O)N(C)C3=O)cccc21. The highest BCUT2D eigenvalue weighted by Crippen LogP contribution is 2.41. The quantitative estimate of drug-likeness (QED) is 0.695. The lowest BCUT2D eigenvalue weighted by Gasteiger charge is -2.10. The van der Waals surface area contributed by atoms with E-state index < -0.39 is 5.25 Å². The van der Waals surface area contributed by atoms with Crippen LogP contribution in [-0.2, 0) is 17.8 Å². The molecule has 1 aromatic carbocycles. The standard InChI is InChI=1S/C18H17N3O2S2/c1-11-15(24-10-19-11)7-9-21-8-6-12-13(4-3-5-14(12)21)16-17(22)20(2)18(23)25-16/h3-6,8,10,16H,7,9H2,1-2H3. The van der Waals surface area contributed by atoms with Crippen LogP contribution in [0.15, 0.2) is 36.0 Å². The third kappa shape index (κ3) is 2.77. The van der Waals surface area contributed by atoms with Gasteiger partial charge in [0, 0.05) is 42.0 Å². The number of carbonyl (C=O) groups excluding carboxylic acids is 2. The Morgan fingerprint density at radius 3 is 2.76 bits per heavy atom. The Morgan fingerprint density at radius 1 is 1.24 bits per heavy atom. The van der Waals surface area contributed by atoms with Gasteiger partial charge in [-0.15, -0.1) is 11.3 Å². The van der Waals surface area contributed by atoms with Crippen molar-refractivity contribution in [1.29, 1.82) is 0 Å². The summed E-state index contributed by atoms with van der Waals surface area (Å²) in [5.74, 6) is -0.143. The molecule has 2 aromatic heterocycles. The van der Waals surface area contributed by atoms with Crippen molar-refractivity contribution in [3.8, 4) is 0 Å². The smallest absolute Gasteiger partial charge is 0.289 e. The molecule has 7 heteroatoms. The summed E-state index contributed by atoms with van der Waals surface area (Å²) in [6.45, 7) is 2.90. The number of amides is 2. The molecule has 0 N–H and O–H groups in total. The van der Waals surface area contributed by atoms with Crippen molar-refractivity contribution in [3.05, 3.63) is 52.1 Å². The van der Waals surface area contributed by atoms with Gasteiger partial charge in [0.05, 0.1) is 11.2 Å². The zero-order valence-electron chi connectivity index (χ0n) is 13.9. The molecular weight excluding hydrogens is 354 g/mol. The van der Waals surface area contributed by atoms with Crippen LogP contribution in [0.3, 0.4) is 0 Å². The Morgan fingerprint density at radius 2 is 2.08 bits per heavy atom. The fourth-order valence-corrected chi connectivity index (χ4v) is 4.96. The molecule has 0 radical (unpaired) electrons. The van der Waals surface area contributed by atoms with E-state index in [2.05, 4.69) is 21.8 Å². The summed E-state index contributed by atoms with van der Waals surface area (Å²) in [7, 11) is 1.54. The van der Waals surface area contributed by atoms with Gasteiger partial charge in [0.25, 0.3) is 5.24 Å². The van der Waals surface area contributed by atoms with Crippen LogP contribution < -0.4 is 0 Å². The van der Waals surface area contributed by atoms with E-state index in [4.69, 9.17) is 0 Å². The molecule has 1 unspecified atom stereocenters. The average molecular weight is 371 g/mol. The Bertz CT molecular complexity index is 976. The first-order chi connectivity index (χ1) is 12.1. The highest BCUT2D eigenvalue weighted by atomic mass is 32.2. The molecule has 1 fully saturated rings. The maximum Gasteiger partial charge on any atom is 0.289 e. The number of aryl methyl sites for hydroxylation is 3. The number of thiazole rings is 1. The van der Waals surface area contributed by atoms with E-state index in [1.54, 1.807) is 18.4 Å². The molecule has 1 saturated heterocycles. The largest absolute Gasteiger partial charge is 0.347 e. The number of rotatable bonds is 4. The lowest BCUT2D eigenvalue weighted by atomic mass is 10.1. The number of hydrogen-bond donors (Lipinski definition) is 0. The van der Waals surface area contributed by atoms with Crippen molar-refractivity contribution < 1.29 is 9.59 Å². The second kappa shape index (κ2) is 6.31. The first-order valence-electron chi connectivity index (χ1n) is 8.01. The predicted octanol–water partition coefficient (Wildman–Crippen LogP) is 4.02. The fourth-order valence-electron chi connectivity index (χ4n) is 3.15. The van der Waals surface area contributed by atoms with E-state index in [1.807, 2.05) is 30.6 Å². The fraction of sp³-hybridized carbons (Fsp3) is 0.278. The average Bonchev–Trinajstić information content (AvgIpc) is 3.28. The Kier molecular flexibility index (Phi) is 4.13. The van der Waals surface area contributed by atoms with Gasteiger partial charge in [0.1, 0.15) is 5.25 Å². The van der Waals surface area contributed by atoms with Gasteiger partial charge in [-0.1, -0.05) is 12.1 Å². The van der Waals surface area contributed by atoms with Gasteiger partial charge in [-0.25, -0.2) is 4.98 Å². The number of carbonyl (C=O) groups is 2. The third-order valence-electron chi connectivity index (χ3n) is 4.60. The summed E-state index contributed by atoms with van der Waals surface area (Å²) in [6, 6.07) is 8.01. The van der Waals surface area contributed by atoms with Crippen LogP contribution in [0.25, 0.3) is 10.9 Å². The zero-order chi connectivity index (χ0) is 17.6. The minimum atomic E-state index is -0.444. The maximum absolute atomic E-state index is 12.4. The third-order valence-corrected chi connectivity index (χ3v) is 6.76. The van der Waals surface area contributed by atoms with Crippen LogP contribution >= 0.6 is 23.1 Å². The first kappa shape index (κ1) is 16.4. The molecule has 4 rings (SSSR count). The molecule has 2 amide bonds. The zero-order valence-corrected chi connectivity index (χ0v) is 15.6. The molecule has 1 aliphatic heterocycles. The predicted molar refractivity (Wildman–Crippen MR) is 101 cm³/mol. The molecule has 0 spiro atoms. The molecule has 5 nitrogen and oxygen atoms in total. The summed E-state index contributed by atoms with van der Waals surface area (Å²) < 4.78 is 2.20. The van der Waals surface area contributed by atoms with E-state index in [1.165, 1.54) is 9.78 Å². The Hall–Kier alpha value is -2.12. The number of hydrogen-bond acceptors (Lipinski definition) is 5. The van der Waals surface area contributed by atoms with Crippen LogP contribution in [-0.4, -0.2) is 32.6 Å². The molecule has 0 saturated carbocycles. The Balaban J connectivity index is 1.65. The molecule has 3 aromatic rings. The lowest BCUT2D eigenvalue weighted by molar-refractivity contribution is -0.125. The Labute approximate surface area is 153 Å². The highest BCUT2D eigenvalue weighted by Gasteiger charge is 2.38. The van der Waals surface area contributed by atoms with E-state index in [-0.39, 0.29) is 11.1 Å². The van der Waals surface area contributed by atoms with Gasteiger partial charge in [-0.2, -0.15) is 0 Å². The van der Waals surface area contributed by atoms with Crippen LogP contribution in [0.1, 0.15) is 21.4 Å². The number of likely N-dealkylation sites (N-methyl/N-ethyl adjacent to an activating group) is 1. The van der Waals surface area contributed by atoms with Gasteiger partial charge >= 0.3 is 0 Å². The van der Waals surface area contributed by atoms with Crippen LogP contribution in [0.2, 0.25) is 0 Å². The summed E-state index contributed by atoms with van der Waals surface area (Å²) in [5, 5.41) is 0.408. The number of thioether (sulfide) groups is 1. The molecule has 25 heavy (non-hydrogen) atoms. The summed E-state index contributed by atoms with van der Waals surface area (Å²) in [4.78, 5) is 31.0. The molecule has 128 valence electrons. The number of benzene rings is 1. The minimum Gasteiger partial charge on any atom is -0.347 e. The van der Waals surface area contributed by atoms with Gasteiger partial charge in [0.15, 0.2) is 0 Å². The number of nitrogens with zero attached hydrogens (tertiary/aromatic N) is 3. The summed E-state index contributed by atoms with van der Waals surface area (Å²) in [6.07, 6.45) is 2.99. The van der Waals surface area contributed by atoms with Crippen molar-refractivity contribution in [3.63, 3.8) is 0 Å². The summed E-state index contributed by atoms with van der Waals surface area (Å²) >= 11 is 2.78. The maximum atomic E-state index is 12.4. The van der Waals surface area contributed by atoms with Crippen LogP contribution in [0.4, 0.5) is 4.79 Å².